The molecule has 116 valence electrons. The van der Waals surface area contributed by atoms with Crippen LogP contribution in [0.25, 0.3) is 0 Å². The van der Waals surface area contributed by atoms with Crippen LogP contribution in [0.3, 0.4) is 0 Å². The van der Waals surface area contributed by atoms with Crippen molar-refractivity contribution < 1.29 is 14.3 Å². The maximum atomic E-state index is 11.3. The molecule has 21 heavy (non-hydrogen) atoms. The quantitative estimate of drug-likeness (QED) is 0.809. The maximum Gasteiger partial charge on any atom is 0.219 e. The molecule has 0 radical (unpaired) electrons. The SMILES string of the molecule is CCOc1ccccc1CCOC1CCN(C(C)=O)CC1. The van der Waals surface area contributed by atoms with Crippen LogP contribution in [0.5, 0.6) is 5.75 Å². The molecule has 0 atom stereocenters. The Kier molecular flexibility index (Phi) is 6.05. The minimum absolute atomic E-state index is 0.166. The standard InChI is InChI=1S/C17H25NO3/c1-3-20-17-7-5-4-6-15(17)10-13-21-16-8-11-18(12-9-16)14(2)19/h4-7,16H,3,8-13H2,1-2H3. The number of benzene rings is 1. The van der Waals surface area contributed by atoms with E-state index < -0.39 is 0 Å². The lowest BCUT2D eigenvalue weighted by atomic mass is 10.1. The van der Waals surface area contributed by atoms with Gasteiger partial charge in [0, 0.05) is 20.0 Å². The molecule has 1 aromatic carbocycles. The molecule has 1 aromatic rings. The van der Waals surface area contributed by atoms with Gasteiger partial charge < -0.3 is 14.4 Å². The predicted octanol–water partition coefficient (Wildman–Crippen LogP) is 2.66. The highest BCUT2D eigenvalue weighted by Crippen LogP contribution is 2.19. The van der Waals surface area contributed by atoms with E-state index in [2.05, 4.69) is 6.07 Å². The van der Waals surface area contributed by atoms with E-state index in [0.717, 1.165) is 38.1 Å². The molecular weight excluding hydrogens is 266 g/mol. The van der Waals surface area contributed by atoms with Gasteiger partial charge in [-0.2, -0.15) is 0 Å². The van der Waals surface area contributed by atoms with E-state index in [1.807, 2.05) is 30.0 Å². The molecule has 0 aliphatic carbocycles. The molecule has 1 fully saturated rings. The van der Waals surface area contributed by atoms with E-state index in [1.165, 1.54) is 5.56 Å². The summed E-state index contributed by atoms with van der Waals surface area (Å²) >= 11 is 0. The number of carbonyl (C=O) groups is 1. The maximum absolute atomic E-state index is 11.3. The highest BCUT2D eigenvalue weighted by molar-refractivity contribution is 5.73. The molecule has 2 rings (SSSR count). The van der Waals surface area contributed by atoms with Crippen molar-refractivity contribution in [1.82, 2.24) is 4.90 Å². The van der Waals surface area contributed by atoms with Crippen molar-refractivity contribution in [1.29, 1.82) is 0 Å². The first-order chi connectivity index (χ1) is 10.2. The number of piperidine rings is 1. The van der Waals surface area contributed by atoms with Gasteiger partial charge in [0.25, 0.3) is 0 Å². The topological polar surface area (TPSA) is 38.8 Å². The van der Waals surface area contributed by atoms with Gasteiger partial charge in [0.1, 0.15) is 5.75 Å². The van der Waals surface area contributed by atoms with Gasteiger partial charge in [0.15, 0.2) is 0 Å². The summed E-state index contributed by atoms with van der Waals surface area (Å²) in [6.07, 6.45) is 3.02. The van der Waals surface area contributed by atoms with E-state index in [1.54, 1.807) is 6.92 Å². The molecule has 1 heterocycles. The van der Waals surface area contributed by atoms with Crippen LogP contribution in [0.15, 0.2) is 24.3 Å². The Balaban J connectivity index is 1.74. The molecule has 4 heteroatoms. The number of hydrogen-bond acceptors (Lipinski definition) is 3. The number of para-hydroxylation sites is 1. The summed E-state index contributed by atoms with van der Waals surface area (Å²) in [7, 11) is 0. The molecule has 0 aromatic heterocycles. The molecule has 1 amide bonds. The van der Waals surface area contributed by atoms with Crippen LogP contribution in [0, 0.1) is 0 Å². The van der Waals surface area contributed by atoms with Crippen LogP contribution < -0.4 is 4.74 Å². The fourth-order valence-electron chi connectivity index (χ4n) is 2.68. The number of ether oxygens (including phenoxy) is 2. The van der Waals surface area contributed by atoms with Crippen LogP contribution in [0.1, 0.15) is 32.3 Å². The smallest absolute Gasteiger partial charge is 0.219 e. The minimum atomic E-state index is 0.166. The third-order valence-electron chi connectivity index (χ3n) is 3.88. The summed E-state index contributed by atoms with van der Waals surface area (Å²) in [6.45, 7) is 6.64. The lowest BCUT2D eigenvalue weighted by Crippen LogP contribution is -2.39. The Bertz CT molecular complexity index is 453. The zero-order valence-corrected chi connectivity index (χ0v) is 13.0. The lowest BCUT2D eigenvalue weighted by molar-refractivity contribution is -0.131. The van der Waals surface area contributed by atoms with Gasteiger partial charge in [-0.15, -0.1) is 0 Å². The summed E-state index contributed by atoms with van der Waals surface area (Å²) in [6, 6.07) is 8.12. The summed E-state index contributed by atoms with van der Waals surface area (Å²) in [5, 5.41) is 0. The summed E-state index contributed by atoms with van der Waals surface area (Å²) in [4.78, 5) is 13.2. The highest BCUT2D eigenvalue weighted by atomic mass is 16.5. The Morgan fingerprint density at radius 2 is 2.00 bits per heavy atom. The highest BCUT2D eigenvalue weighted by Gasteiger charge is 2.20. The normalized spacial score (nSPS) is 16.0. The van der Waals surface area contributed by atoms with Crippen molar-refractivity contribution in [3.63, 3.8) is 0 Å². The van der Waals surface area contributed by atoms with Gasteiger partial charge in [-0.3, -0.25) is 4.79 Å². The molecule has 0 unspecified atom stereocenters. The molecule has 4 nitrogen and oxygen atoms in total. The lowest BCUT2D eigenvalue weighted by Gasteiger charge is -2.31. The molecule has 1 aliphatic rings. The monoisotopic (exact) mass is 291 g/mol. The van der Waals surface area contributed by atoms with Crippen molar-refractivity contribution >= 4 is 5.91 Å². The summed E-state index contributed by atoms with van der Waals surface area (Å²) in [5.41, 5.74) is 1.19. The van der Waals surface area contributed by atoms with Gasteiger partial charge in [-0.25, -0.2) is 0 Å². The van der Waals surface area contributed by atoms with Gasteiger partial charge in [-0.1, -0.05) is 18.2 Å². The second-order valence-electron chi connectivity index (χ2n) is 5.37. The van der Waals surface area contributed by atoms with E-state index >= 15 is 0 Å². The predicted molar refractivity (Wildman–Crippen MR) is 82.5 cm³/mol. The van der Waals surface area contributed by atoms with E-state index in [-0.39, 0.29) is 12.0 Å². The van der Waals surface area contributed by atoms with Crippen molar-refractivity contribution in [2.75, 3.05) is 26.3 Å². The van der Waals surface area contributed by atoms with Crippen molar-refractivity contribution in [2.24, 2.45) is 0 Å². The zero-order chi connectivity index (χ0) is 15.1. The average molecular weight is 291 g/mol. The summed E-state index contributed by atoms with van der Waals surface area (Å²) in [5.74, 6) is 1.12. The van der Waals surface area contributed by atoms with Crippen LogP contribution in [-0.4, -0.2) is 43.2 Å². The Hall–Kier alpha value is -1.55. The molecular formula is C17H25NO3. The minimum Gasteiger partial charge on any atom is -0.494 e. The number of nitrogens with zero attached hydrogens (tertiary/aromatic N) is 1. The van der Waals surface area contributed by atoms with Crippen molar-refractivity contribution in [2.45, 2.75) is 39.2 Å². The fraction of sp³-hybridized carbons (Fsp3) is 0.588. The third-order valence-corrected chi connectivity index (χ3v) is 3.88. The first-order valence-electron chi connectivity index (χ1n) is 7.78. The fourth-order valence-corrected chi connectivity index (χ4v) is 2.68. The van der Waals surface area contributed by atoms with Gasteiger partial charge in [0.05, 0.1) is 19.3 Å². The van der Waals surface area contributed by atoms with E-state index in [4.69, 9.17) is 9.47 Å². The zero-order valence-electron chi connectivity index (χ0n) is 13.0. The number of rotatable bonds is 6. The van der Waals surface area contributed by atoms with Gasteiger partial charge >= 0.3 is 0 Å². The molecule has 1 aliphatic heterocycles. The Morgan fingerprint density at radius 3 is 2.67 bits per heavy atom. The average Bonchev–Trinajstić information content (AvgIpc) is 2.50. The molecule has 0 spiro atoms. The van der Waals surface area contributed by atoms with E-state index in [9.17, 15) is 4.79 Å². The second kappa shape index (κ2) is 8.03. The Labute approximate surface area is 127 Å². The Morgan fingerprint density at radius 1 is 1.29 bits per heavy atom. The van der Waals surface area contributed by atoms with Gasteiger partial charge in [0.2, 0.25) is 5.91 Å². The number of amides is 1. The van der Waals surface area contributed by atoms with Crippen molar-refractivity contribution in [3.05, 3.63) is 29.8 Å². The molecule has 0 saturated carbocycles. The van der Waals surface area contributed by atoms with Crippen molar-refractivity contribution in [3.8, 4) is 5.75 Å². The molecule has 1 saturated heterocycles. The molecule has 0 N–H and O–H groups in total. The second-order valence-corrected chi connectivity index (χ2v) is 5.37. The van der Waals surface area contributed by atoms with Crippen LogP contribution >= 0.6 is 0 Å². The van der Waals surface area contributed by atoms with E-state index in [0.29, 0.717) is 13.2 Å². The third kappa shape index (κ3) is 4.74. The number of likely N-dealkylation sites (tertiary alicyclic amines) is 1. The number of hydrogen-bond donors (Lipinski definition) is 0. The van der Waals surface area contributed by atoms with Gasteiger partial charge in [-0.05, 0) is 37.8 Å². The number of carbonyl (C=O) groups excluding carboxylic acids is 1. The van der Waals surface area contributed by atoms with Crippen LogP contribution in [-0.2, 0) is 16.0 Å². The molecule has 0 bridgehead atoms. The van der Waals surface area contributed by atoms with Crippen LogP contribution in [0.2, 0.25) is 0 Å². The first-order valence-corrected chi connectivity index (χ1v) is 7.78. The summed E-state index contributed by atoms with van der Waals surface area (Å²) < 4.78 is 11.6. The first kappa shape index (κ1) is 15.8. The largest absolute Gasteiger partial charge is 0.494 e. The van der Waals surface area contributed by atoms with Crippen LogP contribution in [0.4, 0.5) is 0 Å².